The number of hydrogen-bond donors (Lipinski definition) is 3. The molecule has 0 aliphatic heterocycles. The molecule has 3 rings (SSSR count). The number of carboxylic acid groups (broad SMARTS) is 1. The number of aliphatic carboxylic acids is 1. The van der Waals surface area contributed by atoms with Gasteiger partial charge < -0.3 is 20.5 Å². The fraction of sp³-hybridized carbons (Fsp3) is 0.269. The molecular weight excluding hydrogens is 418 g/mol. The van der Waals surface area contributed by atoms with E-state index in [9.17, 15) is 14.7 Å². The number of ether oxygens (including phenoxy) is 1. The van der Waals surface area contributed by atoms with Crippen LogP contribution in [0.3, 0.4) is 0 Å². The van der Waals surface area contributed by atoms with Crippen molar-refractivity contribution in [1.82, 2.24) is 10.3 Å². The molecular formula is C26H29N3O4. The molecule has 33 heavy (non-hydrogen) atoms. The summed E-state index contributed by atoms with van der Waals surface area (Å²) in [6.07, 6.45) is 0.843. The van der Waals surface area contributed by atoms with Gasteiger partial charge in [0.05, 0.1) is 6.61 Å². The van der Waals surface area contributed by atoms with E-state index in [1.54, 1.807) is 18.2 Å². The quantitative estimate of drug-likeness (QED) is 0.437. The molecule has 0 aliphatic rings. The van der Waals surface area contributed by atoms with Gasteiger partial charge in [-0.3, -0.25) is 4.79 Å². The van der Waals surface area contributed by atoms with Gasteiger partial charge in [0.1, 0.15) is 17.6 Å². The Hall–Kier alpha value is -3.87. The van der Waals surface area contributed by atoms with Gasteiger partial charge in [0.15, 0.2) is 0 Å². The van der Waals surface area contributed by atoms with E-state index in [1.807, 2.05) is 63.4 Å². The predicted octanol–water partition coefficient (Wildman–Crippen LogP) is 3.79. The third-order valence-electron chi connectivity index (χ3n) is 5.29. The molecule has 1 aromatic heterocycles. The maximum absolute atomic E-state index is 12.6. The van der Waals surface area contributed by atoms with Crippen LogP contribution < -0.4 is 15.4 Å². The summed E-state index contributed by atoms with van der Waals surface area (Å²) in [4.78, 5) is 28.9. The minimum atomic E-state index is -1.08. The van der Waals surface area contributed by atoms with E-state index in [1.165, 1.54) is 0 Å². The number of pyridine rings is 1. The molecule has 0 unspecified atom stereocenters. The molecule has 1 heterocycles. The Morgan fingerprint density at radius 2 is 1.82 bits per heavy atom. The van der Waals surface area contributed by atoms with Crippen LogP contribution in [-0.2, 0) is 17.6 Å². The number of carbonyl (C=O) groups excluding carboxylic acids is 1. The van der Waals surface area contributed by atoms with Crippen LogP contribution in [0.15, 0.2) is 60.7 Å². The fourth-order valence-electron chi connectivity index (χ4n) is 3.41. The van der Waals surface area contributed by atoms with Gasteiger partial charge >= 0.3 is 5.97 Å². The molecule has 7 nitrogen and oxygen atoms in total. The normalized spacial score (nSPS) is 11.5. The Balaban J connectivity index is 1.56. The zero-order valence-electron chi connectivity index (χ0n) is 19.1. The Morgan fingerprint density at radius 3 is 2.52 bits per heavy atom. The molecule has 1 amide bonds. The lowest BCUT2D eigenvalue weighted by Crippen LogP contribution is -2.42. The minimum absolute atomic E-state index is 0.174. The van der Waals surface area contributed by atoms with E-state index < -0.39 is 12.0 Å². The standard InChI is InChI=1S/C26H29N3O4/c1-17-7-8-18(2)22(15-17)25(30)29-23(26(31)32)16-19-9-11-21(12-10-19)33-14-13-20-5-4-6-24(27-3)28-20/h4-12,15,23H,13-14,16H2,1-3H3,(H,27,28)(H,29,30)(H,31,32)/t23-/m0/s1. The van der Waals surface area contributed by atoms with Crippen molar-refractivity contribution in [3.8, 4) is 5.75 Å². The van der Waals surface area contributed by atoms with Crippen LogP contribution in [0.25, 0.3) is 0 Å². The van der Waals surface area contributed by atoms with Gasteiger partial charge in [-0.2, -0.15) is 0 Å². The Morgan fingerprint density at radius 1 is 1.06 bits per heavy atom. The zero-order valence-corrected chi connectivity index (χ0v) is 19.1. The summed E-state index contributed by atoms with van der Waals surface area (Å²) in [6.45, 7) is 4.20. The molecule has 0 fully saturated rings. The summed E-state index contributed by atoms with van der Waals surface area (Å²) in [6, 6.07) is 17.5. The lowest BCUT2D eigenvalue weighted by molar-refractivity contribution is -0.139. The maximum atomic E-state index is 12.6. The average molecular weight is 448 g/mol. The van der Waals surface area contributed by atoms with Crippen molar-refractivity contribution in [1.29, 1.82) is 0 Å². The summed E-state index contributed by atoms with van der Waals surface area (Å²) in [5.74, 6) is 0.0362. The fourth-order valence-corrected chi connectivity index (χ4v) is 3.41. The van der Waals surface area contributed by atoms with Crippen LogP contribution in [0.1, 0.15) is 32.7 Å². The number of aryl methyl sites for hydroxylation is 2. The number of carbonyl (C=O) groups is 2. The van der Waals surface area contributed by atoms with Crippen molar-refractivity contribution < 1.29 is 19.4 Å². The second-order valence-electron chi connectivity index (χ2n) is 7.89. The van der Waals surface area contributed by atoms with Gasteiger partial charge in [-0.05, 0) is 55.3 Å². The Labute approximate surface area is 193 Å². The van der Waals surface area contributed by atoms with E-state index in [-0.39, 0.29) is 12.3 Å². The lowest BCUT2D eigenvalue weighted by atomic mass is 10.0. The Kier molecular flexibility index (Phi) is 8.02. The van der Waals surface area contributed by atoms with E-state index in [4.69, 9.17) is 4.74 Å². The highest BCUT2D eigenvalue weighted by Gasteiger charge is 2.22. The van der Waals surface area contributed by atoms with Crippen LogP contribution in [0.5, 0.6) is 5.75 Å². The number of aromatic nitrogens is 1. The van der Waals surface area contributed by atoms with Gasteiger partial charge in [-0.25, -0.2) is 9.78 Å². The van der Waals surface area contributed by atoms with Crippen molar-refractivity contribution in [3.05, 3.63) is 88.6 Å². The summed E-state index contributed by atoms with van der Waals surface area (Å²) < 4.78 is 5.79. The molecule has 3 N–H and O–H groups in total. The van der Waals surface area contributed by atoms with Gasteiger partial charge in [-0.15, -0.1) is 0 Å². The molecule has 0 spiro atoms. The number of rotatable bonds is 10. The minimum Gasteiger partial charge on any atom is -0.493 e. The molecule has 172 valence electrons. The summed E-state index contributed by atoms with van der Waals surface area (Å²) in [7, 11) is 1.83. The van der Waals surface area contributed by atoms with Crippen molar-refractivity contribution in [2.45, 2.75) is 32.7 Å². The number of nitrogens with one attached hydrogen (secondary N) is 2. The number of anilines is 1. The van der Waals surface area contributed by atoms with E-state index in [0.29, 0.717) is 24.3 Å². The van der Waals surface area contributed by atoms with Crippen molar-refractivity contribution in [2.24, 2.45) is 0 Å². The van der Waals surface area contributed by atoms with Crippen LogP contribution in [0, 0.1) is 13.8 Å². The topological polar surface area (TPSA) is 101 Å². The lowest BCUT2D eigenvalue weighted by Gasteiger charge is -2.16. The van der Waals surface area contributed by atoms with Crippen LogP contribution >= 0.6 is 0 Å². The van der Waals surface area contributed by atoms with E-state index in [0.717, 1.165) is 28.2 Å². The monoisotopic (exact) mass is 447 g/mol. The van der Waals surface area contributed by atoms with Gasteiger partial charge in [0, 0.05) is 31.1 Å². The van der Waals surface area contributed by atoms with Gasteiger partial charge in [-0.1, -0.05) is 35.9 Å². The highest BCUT2D eigenvalue weighted by atomic mass is 16.5. The number of hydrogen-bond acceptors (Lipinski definition) is 5. The Bertz CT molecular complexity index is 1110. The SMILES string of the molecule is CNc1cccc(CCOc2ccc(C[C@H](NC(=O)c3cc(C)ccc3C)C(=O)O)cc2)n1. The van der Waals surface area contributed by atoms with Crippen LogP contribution in [0.2, 0.25) is 0 Å². The summed E-state index contributed by atoms with van der Waals surface area (Å²) >= 11 is 0. The largest absolute Gasteiger partial charge is 0.493 e. The first-order valence-corrected chi connectivity index (χ1v) is 10.8. The molecule has 0 radical (unpaired) electrons. The van der Waals surface area contributed by atoms with E-state index >= 15 is 0 Å². The maximum Gasteiger partial charge on any atom is 0.326 e. The molecule has 3 aromatic rings. The van der Waals surface area contributed by atoms with Crippen molar-refractivity contribution in [2.75, 3.05) is 19.0 Å². The first kappa shape index (κ1) is 23.8. The third-order valence-corrected chi connectivity index (χ3v) is 5.29. The highest BCUT2D eigenvalue weighted by Crippen LogP contribution is 2.16. The predicted molar refractivity (Wildman–Crippen MR) is 128 cm³/mol. The second kappa shape index (κ2) is 11.1. The molecule has 0 saturated heterocycles. The highest BCUT2D eigenvalue weighted by molar-refractivity contribution is 5.98. The molecule has 0 bridgehead atoms. The third kappa shape index (κ3) is 6.80. The molecule has 2 aromatic carbocycles. The number of nitrogens with zero attached hydrogens (tertiary/aromatic N) is 1. The molecule has 7 heteroatoms. The second-order valence-corrected chi connectivity index (χ2v) is 7.89. The molecule has 0 aliphatic carbocycles. The number of benzene rings is 2. The zero-order chi connectivity index (χ0) is 23.8. The van der Waals surface area contributed by atoms with Crippen molar-refractivity contribution >= 4 is 17.7 Å². The van der Waals surface area contributed by atoms with Crippen molar-refractivity contribution in [3.63, 3.8) is 0 Å². The van der Waals surface area contributed by atoms with Crippen LogP contribution in [0.4, 0.5) is 5.82 Å². The first-order chi connectivity index (χ1) is 15.9. The van der Waals surface area contributed by atoms with E-state index in [2.05, 4.69) is 15.6 Å². The number of carboxylic acids is 1. The van der Waals surface area contributed by atoms with Gasteiger partial charge in [0.2, 0.25) is 0 Å². The number of amides is 1. The average Bonchev–Trinajstić information content (AvgIpc) is 2.81. The summed E-state index contributed by atoms with van der Waals surface area (Å²) in [5.41, 5.74) is 3.96. The molecule has 1 atom stereocenters. The molecule has 0 saturated carbocycles. The summed E-state index contributed by atoms with van der Waals surface area (Å²) in [5, 5.41) is 15.3. The van der Waals surface area contributed by atoms with Crippen LogP contribution in [-0.4, -0.2) is 41.7 Å². The van der Waals surface area contributed by atoms with Gasteiger partial charge in [0.25, 0.3) is 5.91 Å². The first-order valence-electron chi connectivity index (χ1n) is 10.8. The smallest absolute Gasteiger partial charge is 0.326 e.